The molecule has 1 aliphatic rings. The molecule has 0 aliphatic carbocycles. The molecule has 1 atom stereocenters. The van der Waals surface area contributed by atoms with Gasteiger partial charge >= 0.3 is 0 Å². The van der Waals surface area contributed by atoms with Crippen LogP contribution in [0, 0.1) is 18.3 Å². The SMILES string of the molecule is Cc1cccc(C#N)c1NC1CCOC(C)(C)C1. The van der Waals surface area contributed by atoms with Crippen LogP contribution in [-0.4, -0.2) is 18.2 Å². The molecule has 0 bridgehead atoms. The second kappa shape index (κ2) is 4.99. The molecular formula is C15H20N2O. The van der Waals surface area contributed by atoms with Crippen molar-refractivity contribution in [1.29, 1.82) is 5.26 Å². The molecule has 0 amide bonds. The van der Waals surface area contributed by atoms with Crippen molar-refractivity contribution < 1.29 is 4.74 Å². The van der Waals surface area contributed by atoms with E-state index in [0.29, 0.717) is 6.04 Å². The maximum Gasteiger partial charge on any atom is 0.101 e. The zero-order valence-corrected chi connectivity index (χ0v) is 11.3. The maximum absolute atomic E-state index is 9.16. The van der Waals surface area contributed by atoms with Gasteiger partial charge in [0.05, 0.1) is 16.9 Å². The van der Waals surface area contributed by atoms with Gasteiger partial charge in [-0.2, -0.15) is 5.26 Å². The molecule has 3 heteroatoms. The second-order valence-electron chi connectivity index (χ2n) is 5.55. The Balaban J connectivity index is 2.17. The molecule has 1 unspecified atom stereocenters. The predicted octanol–water partition coefficient (Wildman–Crippen LogP) is 3.24. The summed E-state index contributed by atoms with van der Waals surface area (Å²) >= 11 is 0. The highest BCUT2D eigenvalue weighted by Gasteiger charge is 2.29. The van der Waals surface area contributed by atoms with Gasteiger partial charge in [-0.3, -0.25) is 0 Å². The van der Waals surface area contributed by atoms with E-state index in [-0.39, 0.29) is 5.60 Å². The molecule has 1 heterocycles. The summed E-state index contributed by atoms with van der Waals surface area (Å²) in [6, 6.07) is 8.45. The number of nitrogens with zero attached hydrogens (tertiary/aromatic N) is 1. The van der Waals surface area contributed by atoms with Crippen molar-refractivity contribution in [2.75, 3.05) is 11.9 Å². The third kappa shape index (κ3) is 2.83. The fourth-order valence-corrected chi connectivity index (χ4v) is 2.51. The monoisotopic (exact) mass is 244 g/mol. The fourth-order valence-electron chi connectivity index (χ4n) is 2.51. The predicted molar refractivity (Wildman–Crippen MR) is 72.6 cm³/mol. The van der Waals surface area contributed by atoms with Gasteiger partial charge in [-0.15, -0.1) is 0 Å². The average Bonchev–Trinajstić information content (AvgIpc) is 2.30. The Morgan fingerprint density at radius 2 is 2.22 bits per heavy atom. The van der Waals surface area contributed by atoms with Crippen LogP contribution in [-0.2, 0) is 4.74 Å². The van der Waals surface area contributed by atoms with Crippen LogP contribution in [0.2, 0.25) is 0 Å². The summed E-state index contributed by atoms with van der Waals surface area (Å²) in [6.07, 6.45) is 1.95. The van der Waals surface area contributed by atoms with E-state index in [2.05, 4.69) is 25.2 Å². The number of aryl methyl sites for hydroxylation is 1. The number of benzene rings is 1. The molecule has 2 rings (SSSR count). The highest BCUT2D eigenvalue weighted by molar-refractivity contribution is 5.62. The summed E-state index contributed by atoms with van der Waals surface area (Å²) < 4.78 is 5.72. The number of anilines is 1. The van der Waals surface area contributed by atoms with Crippen molar-refractivity contribution in [3.63, 3.8) is 0 Å². The van der Waals surface area contributed by atoms with Gasteiger partial charge in [0.15, 0.2) is 0 Å². The van der Waals surface area contributed by atoms with E-state index in [1.165, 1.54) is 0 Å². The number of hydrogen-bond acceptors (Lipinski definition) is 3. The van der Waals surface area contributed by atoms with Crippen LogP contribution in [0.25, 0.3) is 0 Å². The zero-order valence-electron chi connectivity index (χ0n) is 11.3. The average molecular weight is 244 g/mol. The minimum Gasteiger partial charge on any atom is -0.381 e. The smallest absolute Gasteiger partial charge is 0.101 e. The number of rotatable bonds is 2. The summed E-state index contributed by atoms with van der Waals surface area (Å²) in [6.45, 7) is 7.04. The highest BCUT2D eigenvalue weighted by Crippen LogP contribution is 2.28. The van der Waals surface area contributed by atoms with Crippen molar-refractivity contribution >= 4 is 5.69 Å². The van der Waals surface area contributed by atoms with Gasteiger partial charge in [0, 0.05) is 12.6 Å². The first-order valence-electron chi connectivity index (χ1n) is 6.42. The van der Waals surface area contributed by atoms with E-state index in [0.717, 1.165) is 36.3 Å². The normalized spacial score (nSPS) is 22.2. The summed E-state index contributed by atoms with van der Waals surface area (Å²) in [7, 11) is 0. The van der Waals surface area contributed by atoms with Crippen LogP contribution in [0.1, 0.15) is 37.8 Å². The van der Waals surface area contributed by atoms with Gasteiger partial charge < -0.3 is 10.1 Å². The van der Waals surface area contributed by atoms with E-state index in [1.807, 2.05) is 25.1 Å². The van der Waals surface area contributed by atoms with Gasteiger partial charge in [-0.25, -0.2) is 0 Å². The van der Waals surface area contributed by atoms with E-state index in [4.69, 9.17) is 10.00 Å². The Morgan fingerprint density at radius 3 is 2.89 bits per heavy atom. The molecule has 1 fully saturated rings. The molecule has 1 aromatic rings. The molecule has 0 aromatic heterocycles. The first kappa shape index (κ1) is 12.9. The van der Waals surface area contributed by atoms with Crippen LogP contribution < -0.4 is 5.32 Å². The largest absolute Gasteiger partial charge is 0.381 e. The molecule has 96 valence electrons. The van der Waals surface area contributed by atoms with E-state index in [1.54, 1.807) is 0 Å². The van der Waals surface area contributed by atoms with Crippen molar-refractivity contribution in [2.45, 2.75) is 45.3 Å². The van der Waals surface area contributed by atoms with Crippen molar-refractivity contribution in [3.8, 4) is 6.07 Å². The molecule has 3 nitrogen and oxygen atoms in total. The van der Waals surface area contributed by atoms with E-state index >= 15 is 0 Å². The third-order valence-electron chi connectivity index (χ3n) is 3.44. The second-order valence-corrected chi connectivity index (χ2v) is 5.55. The third-order valence-corrected chi connectivity index (χ3v) is 3.44. The molecule has 1 aromatic carbocycles. The van der Waals surface area contributed by atoms with Gasteiger partial charge in [0.1, 0.15) is 6.07 Å². The van der Waals surface area contributed by atoms with Crippen LogP contribution in [0.5, 0.6) is 0 Å². The van der Waals surface area contributed by atoms with Gasteiger partial charge in [0.25, 0.3) is 0 Å². The number of hydrogen-bond donors (Lipinski definition) is 1. The first-order valence-corrected chi connectivity index (χ1v) is 6.42. The first-order chi connectivity index (χ1) is 8.52. The van der Waals surface area contributed by atoms with Crippen molar-refractivity contribution in [1.82, 2.24) is 0 Å². The molecule has 1 aliphatic heterocycles. The quantitative estimate of drug-likeness (QED) is 0.868. The molecule has 1 N–H and O–H groups in total. The summed E-state index contributed by atoms with van der Waals surface area (Å²) in [5.74, 6) is 0. The fraction of sp³-hybridized carbons (Fsp3) is 0.533. The van der Waals surface area contributed by atoms with Crippen molar-refractivity contribution in [2.24, 2.45) is 0 Å². The summed E-state index contributed by atoms with van der Waals surface area (Å²) in [4.78, 5) is 0. The molecule has 0 radical (unpaired) electrons. The number of para-hydroxylation sites is 1. The zero-order chi connectivity index (χ0) is 13.2. The summed E-state index contributed by atoms with van der Waals surface area (Å²) in [5, 5.41) is 12.7. The van der Waals surface area contributed by atoms with Crippen LogP contribution in [0.15, 0.2) is 18.2 Å². The van der Waals surface area contributed by atoms with E-state index < -0.39 is 0 Å². The Morgan fingerprint density at radius 1 is 1.44 bits per heavy atom. The topological polar surface area (TPSA) is 45.0 Å². The Labute approximate surface area is 109 Å². The highest BCUT2D eigenvalue weighted by atomic mass is 16.5. The standard InChI is InChI=1S/C15H20N2O/c1-11-5-4-6-12(10-16)14(11)17-13-7-8-18-15(2,3)9-13/h4-6,13,17H,7-9H2,1-3H3. The van der Waals surface area contributed by atoms with Crippen LogP contribution in [0.4, 0.5) is 5.69 Å². The Kier molecular flexibility index (Phi) is 3.58. The lowest BCUT2D eigenvalue weighted by Gasteiger charge is -2.36. The van der Waals surface area contributed by atoms with E-state index in [9.17, 15) is 0 Å². The molecule has 1 saturated heterocycles. The number of ether oxygens (including phenoxy) is 1. The summed E-state index contributed by atoms with van der Waals surface area (Å²) in [5.41, 5.74) is 2.74. The molecular weight excluding hydrogens is 224 g/mol. The van der Waals surface area contributed by atoms with Crippen LogP contribution >= 0.6 is 0 Å². The van der Waals surface area contributed by atoms with Crippen molar-refractivity contribution in [3.05, 3.63) is 29.3 Å². The maximum atomic E-state index is 9.16. The minimum atomic E-state index is -0.0780. The number of nitriles is 1. The van der Waals surface area contributed by atoms with Crippen LogP contribution in [0.3, 0.4) is 0 Å². The Hall–Kier alpha value is -1.53. The lowest BCUT2D eigenvalue weighted by molar-refractivity contribution is -0.0553. The van der Waals surface area contributed by atoms with Gasteiger partial charge in [-0.05, 0) is 45.2 Å². The molecule has 0 spiro atoms. The molecule has 0 saturated carbocycles. The molecule has 18 heavy (non-hydrogen) atoms. The lowest BCUT2D eigenvalue weighted by atomic mass is 9.93. The number of nitrogens with one attached hydrogen (secondary N) is 1. The minimum absolute atomic E-state index is 0.0780. The van der Waals surface area contributed by atoms with Gasteiger partial charge in [-0.1, -0.05) is 12.1 Å². The lowest BCUT2D eigenvalue weighted by Crippen LogP contribution is -2.40. The Bertz CT molecular complexity index is 474. The van der Waals surface area contributed by atoms with Gasteiger partial charge in [0.2, 0.25) is 0 Å².